The van der Waals surface area contributed by atoms with E-state index in [4.69, 9.17) is 18.9 Å². The molecule has 2 heterocycles. The summed E-state index contributed by atoms with van der Waals surface area (Å²) in [5.41, 5.74) is 6.49. The van der Waals surface area contributed by atoms with E-state index in [9.17, 15) is 24.0 Å². The van der Waals surface area contributed by atoms with Gasteiger partial charge < -0.3 is 23.8 Å². The van der Waals surface area contributed by atoms with Crippen LogP contribution < -0.4 is 10.1 Å². The van der Waals surface area contributed by atoms with E-state index in [1.54, 1.807) is 30.1 Å². The number of likely N-dealkylation sites (N-methyl/N-ethyl adjacent to an activating group) is 1. The molecule has 0 radical (unpaired) electrons. The highest BCUT2D eigenvalue weighted by Gasteiger charge is 2.45. The Bertz CT molecular complexity index is 2140. The van der Waals surface area contributed by atoms with Crippen LogP contribution >= 0.6 is 11.8 Å². The van der Waals surface area contributed by atoms with Gasteiger partial charge in [-0.05, 0) is 64.9 Å². The van der Waals surface area contributed by atoms with E-state index < -0.39 is 29.7 Å². The molecule has 4 aromatic rings. The molecule has 6 rings (SSSR count). The lowest BCUT2D eigenvalue weighted by Crippen LogP contribution is -2.54. The van der Waals surface area contributed by atoms with Gasteiger partial charge in [0.1, 0.15) is 18.4 Å². The number of hydrogen-bond donors (Lipinski definition) is 1. The molecule has 1 unspecified atom stereocenters. The zero-order chi connectivity index (χ0) is 42.3. The second kappa shape index (κ2) is 22.1. The third kappa shape index (κ3) is 11.4. The van der Waals surface area contributed by atoms with Crippen LogP contribution in [0, 0.1) is 0 Å². The molecule has 2 aliphatic rings. The van der Waals surface area contributed by atoms with Gasteiger partial charge in [-0.25, -0.2) is 0 Å². The van der Waals surface area contributed by atoms with Gasteiger partial charge in [0, 0.05) is 24.1 Å². The molecule has 0 saturated carbocycles. The van der Waals surface area contributed by atoms with Crippen molar-refractivity contribution in [1.29, 1.82) is 0 Å². The number of allylic oxidation sites excluding steroid dienone is 1. The van der Waals surface area contributed by atoms with E-state index in [-0.39, 0.29) is 42.9 Å². The Morgan fingerprint density at radius 1 is 0.733 bits per heavy atom. The van der Waals surface area contributed by atoms with Gasteiger partial charge in [0.15, 0.2) is 0 Å². The van der Waals surface area contributed by atoms with Crippen molar-refractivity contribution in [2.24, 2.45) is 0 Å². The van der Waals surface area contributed by atoms with Crippen molar-refractivity contribution >= 4 is 52.4 Å². The molecule has 0 spiro atoms. The van der Waals surface area contributed by atoms with E-state index in [1.165, 1.54) is 28.5 Å². The molecule has 1 atom stereocenters. The molecule has 4 aromatic carbocycles. The summed E-state index contributed by atoms with van der Waals surface area (Å²) in [5, 5.41) is 2.21. The van der Waals surface area contributed by atoms with Crippen molar-refractivity contribution in [3.63, 3.8) is 0 Å². The van der Waals surface area contributed by atoms with Gasteiger partial charge >= 0.3 is 0 Å². The molecule has 0 aromatic heterocycles. The molecule has 2 aliphatic heterocycles. The number of carbonyl (C=O) groups is 5. The van der Waals surface area contributed by atoms with Gasteiger partial charge in [0.25, 0.3) is 11.8 Å². The van der Waals surface area contributed by atoms with Crippen LogP contribution in [-0.2, 0) is 28.6 Å². The number of carbonyl (C=O) groups excluding carboxylic acids is 5. The number of amides is 5. The minimum atomic E-state index is -1.00. The fourth-order valence-electron chi connectivity index (χ4n) is 7.13. The average molecular weight is 834 g/mol. The van der Waals surface area contributed by atoms with E-state index in [0.717, 1.165) is 28.2 Å². The first kappa shape index (κ1) is 44.0. The second-order valence-corrected chi connectivity index (χ2v) is 15.3. The van der Waals surface area contributed by atoms with Gasteiger partial charge in [-0.1, -0.05) is 85.8 Å². The molecule has 0 bridgehead atoms. The third-order valence-electron chi connectivity index (χ3n) is 10.2. The Balaban J connectivity index is 0.820. The van der Waals surface area contributed by atoms with Crippen LogP contribution in [0.15, 0.2) is 108 Å². The summed E-state index contributed by atoms with van der Waals surface area (Å²) in [6, 6.07) is 33.1. The summed E-state index contributed by atoms with van der Waals surface area (Å²) >= 11 is 1.39. The van der Waals surface area contributed by atoms with E-state index in [2.05, 4.69) is 72.9 Å². The van der Waals surface area contributed by atoms with Gasteiger partial charge in [0.2, 0.25) is 17.7 Å². The highest BCUT2D eigenvalue weighted by Crippen LogP contribution is 2.36. The minimum Gasteiger partial charge on any atom is -0.492 e. The zero-order valence-corrected chi connectivity index (χ0v) is 34.9. The second-order valence-electron chi connectivity index (χ2n) is 14.2. The summed E-state index contributed by atoms with van der Waals surface area (Å²) in [4.78, 5) is 66.1. The highest BCUT2D eigenvalue weighted by molar-refractivity contribution is 7.99. The van der Waals surface area contributed by atoms with Gasteiger partial charge in [-0.3, -0.25) is 34.2 Å². The maximum atomic E-state index is 13.2. The molecule has 60 heavy (non-hydrogen) atoms. The Kier molecular flexibility index (Phi) is 16.2. The van der Waals surface area contributed by atoms with Crippen LogP contribution in [0.3, 0.4) is 0 Å². The molecule has 13 heteroatoms. The number of hydrogen-bond acceptors (Lipinski definition) is 10. The maximum Gasteiger partial charge on any atom is 0.263 e. The number of benzene rings is 4. The zero-order valence-electron chi connectivity index (χ0n) is 34.1. The Hall–Kier alpha value is -5.60. The number of piperidine rings is 1. The monoisotopic (exact) mass is 833 g/mol. The van der Waals surface area contributed by atoms with E-state index in [1.807, 2.05) is 24.3 Å². The number of nitrogens with one attached hydrogen (secondary N) is 1. The number of nitrogens with zero attached hydrogens (tertiary/aromatic N) is 2. The molecule has 1 fully saturated rings. The number of imide groups is 2. The van der Waals surface area contributed by atoms with Crippen LogP contribution in [0.4, 0.5) is 0 Å². The predicted octanol–water partition coefficient (Wildman–Crippen LogP) is 6.53. The molecule has 314 valence electrons. The van der Waals surface area contributed by atoms with Crippen LogP contribution in [0.25, 0.3) is 11.1 Å². The van der Waals surface area contributed by atoms with Crippen molar-refractivity contribution in [2.75, 3.05) is 65.6 Å². The van der Waals surface area contributed by atoms with Gasteiger partial charge in [-0.2, -0.15) is 0 Å². The Morgan fingerprint density at radius 3 is 2.03 bits per heavy atom. The number of fused-ring (bicyclic) bond motifs is 1. The predicted molar refractivity (Wildman–Crippen MR) is 230 cm³/mol. The van der Waals surface area contributed by atoms with Crippen molar-refractivity contribution in [3.05, 3.63) is 131 Å². The molecule has 1 N–H and O–H groups in total. The van der Waals surface area contributed by atoms with Gasteiger partial charge in [-0.15, -0.1) is 11.8 Å². The maximum absolute atomic E-state index is 13.2. The minimum absolute atomic E-state index is 0.0325. The Labute approximate surface area is 355 Å². The third-order valence-corrected chi connectivity index (χ3v) is 11.2. The quantitative estimate of drug-likeness (QED) is 0.0403. The van der Waals surface area contributed by atoms with E-state index in [0.29, 0.717) is 56.8 Å². The van der Waals surface area contributed by atoms with E-state index >= 15 is 0 Å². The smallest absolute Gasteiger partial charge is 0.263 e. The van der Waals surface area contributed by atoms with Crippen LogP contribution in [0.5, 0.6) is 5.75 Å². The highest BCUT2D eigenvalue weighted by atomic mass is 32.2. The van der Waals surface area contributed by atoms with Crippen LogP contribution in [0.1, 0.15) is 70.0 Å². The largest absolute Gasteiger partial charge is 0.492 e. The molecule has 1 saturated heterocycles. The molecule has 5 amide bonds. The molecular formula is C47H51N3O9S. The lowest BCUT2D eigenvalue weighted by atomic mass is 9.88. The summed E-state index contributed by atoms with van der Waals surface area (Å²) in [6.45, 7) is 5.11. The number of thioether (sulfide) groups is 1. The fraction of sp³-hybridized carbons (Fsp3) is 0.340. The summed E-state index contributed by atoms with van der Waals surface area (Å²) in [5.74, 6) is -0.865. The molecule has 0 aliphatic carbocycles. The summed E-state index contributed by atoms with van der Waals surface area (Å²) in [6.07, 6.45) is 1.32. The SMILES string of the molecule is CCC(=C(c1ccccc1)c1ccc(OCCN(C)C(=O)CCOCCOCCOCCSc2cccc3c2C(=O)N(C2CCC(=O)NC2=O)C3=O)cc1)c1ccccc1. The van der Waals surface area contributed by atoms with Crippen LogP contribution in [0.2, 0.25) is 0 Å². The Morgan fingerprint density at radius 2 is 1.37 bits per heavy atom. The number of rotatable bonds is 22. The first-order valence-electron chi connectivity index (χ1n) is 20.3. The topological polar surface area (TPSA) is 141 Å². The molecule has 12 nitrogen and oxygen atoms in total. The van der Waals surface area contributed by atoms with Crippen molar-refractivity contribution < 1.29 is 42.9 Å². The lowest BCUT2D eigenvalue weighted by molar-refractivity contribution is -0.136. The standard InChI is InChI=1S/C47H51N3O9S/c1-3-37(33-11-6-4-7-12-33)43(34-13-8-5-9-14-34)35-17-19-36(20-18-35)59-26-24-49(2)42(52)23-25-56-27-28-57-29-30-58-31-32-60-40-16-10-15-38-44(40)47(55)50(46(38)54)39-21-22-41(51)48-45(39)53/h4-20,39H,3,21-32H2,1-2H3,(H,48,51,53). The van der Waals surface area contributed by atoms with Crippen molar-refractivity contribution in [2.45, 2.75) is 43.5 Å². The fourth-order valence-corrected chi connectivity index (χ4v) is 8.07. The van der Waals surface area contributed by atoms with Crippen molar-refractivity contribution in [1.82, 2.24) is 15.1 Å². The lowest BCUT2D eigenvalue weighted by Gasteiger charge is -2.27. The van der Waals surface area contributed by atoms with Crippen molar-refractivity contribution in [3.8, 4) is 5.75 Å². The first-order chi connectivity index (χ1) is 29.3. The number of ether oxygens (including phenoxy) is 4. The average Bonchev–Trinajstić information content (AvgIpc) is 3.52. The first-order valence-corrected chi connectivity index (χ1v) is 21.3. The normalized spacial score (nSPS) is 15.4. The van der Waals surface area contributed by atoms with Crippen LogP contribution in [-0.4, -0.2) is 111 Å². The van der Waals surface area contributed by atoms with Gasteiger partial charge in [0.05, 0.1) is 63.7 Å². The summed E-state index contributed by atoms with van der Waals surface area (Å²) in [7, 11) is 1.76. The summed E-state index contributed by atoms with van der Waals surface area (Å²) < 4.78 is 22.9. The molecular weight excluding hydrogens is 783 g/mol.